The number of nitrogens with zero attached hydrogens (tertiary/aromatic N) is 1. The maximum Gasteiger partial charge on any atom is 0.214 e. The minimum atomic E-state index is -0.449. The highest BCUT2D eigenvalue weighted by molar-refractivity contribution is 5.92. The molecule has 0 radical (unpaired) electrons. The van der Waals surface area contributed by atoms with E-state index in [0.717, 1.165) is 27.8 Å². The molecule has 134 valence electrons. The van der Waals surface area contributed by atoms with Gasteiger partial charge in [-0.3, -0.25) is 10.1 Å². The first-order chi connectivity index (χ1) is 13.1. The van der Waals surface area contributed by atoms with Crippen molar-refractivity contribution in [1.82, 2.24) is 4.98 Å². The van der Waals surface area contributed by atoms with Gasteiger partial charge in [-0.1, -0.05) is 60.7 Å². The molecule has 4 aromatic rings. The summed E-state index contributed by atoms with van der Waals surface area (Å²) in [5, 5.41) is 12.2. The van der Waals surface area contributed by atoms with Crippen LogP contribution in [0, 0.1) is 15.9 Å². The van der Waals surface area contributed by atoms with Gasteiger partial charge < -0.3 is 4.98 Å². The summed E-state index contributed by atoms with van der Waals surface area (Å²) < 4.78 is 13.8. The number of halogens is 1. The lowest BCUT2D eigenvalue weighted by molar-refractivity contribution is -0.481. The van der Waals surface area contributed by atoms with Crippen LogP contribution < -0.4 is 0 Å². The number of nitro groups is 1. The maximum absolute atomic E-state index is 13.8. The summed E-state index contributed by atoms with van der Waals surface area (Å²) in [4.78, 5) is 14.4. The standard InChI is InChI=1S/C22H17FN2O2/c23-17-11-12-18-20(13-17)24-22(16-9-5-2-6-10-16)21(18)19(14-25(26)27)15-7-3-1-4-8-15/h1-13,19,24H,14H2. The van der Waals surface area contributed by atoms with Crippen LogP contribution in [0.4, 0.5) is 4.39 Å². The fourth-order valence-corrected chi connectivity index (χ4v) is 3.58. The minimum absolute atomic E-state index is 0.242. The third-order valence-electron chi connectivity index (χ3n) is 4.75. The molecule has 1 heterocycles. The molecule has 27 heavy (non-hydrogen) atoms. The molecular weight excluding hydrogens is 343 g/mol. The summed E-state index contributed by atoms with van der Waals surface area (Å²) in [6.07, 6.45) is 0. The fourth-order valence-electron chi connectivity index (χ4n) is 3.58. The van der Waals surface area contributed by atoms with Crippen molar-refractivity contribution in [2.45, 2.75) is 5.92 Å². The highest BCUT2D eigenvalue weighted by Gasteiger charge is 2.27. The van der Waals surface area contributed by atoms with E-state index >= 15 is 0 Å². The van der Waals surface area contributed by atoms with Gasteiger partial charge in [0.1, 0.15) is 5.82 Å². The van der Waals surface area contributed by atoms with E-state index in [1.807, 2.05) is 60.7 Å². The van der Waals surface area contributed by atoms with Gasteiger partial charge >= 0.3 is 0 Å². The molecule has 0 aliphatic rings. The van der Waals surface area contributed by atoms with Crippen LogP contribution in [-0.2, 0) is 0 Å². The molecule has 0 aliphatic heterocycles. The predicted molar refractivity (Wildman–Crippen MR) is 104 cm³/mol. The molecule has 1 atom stereocenters. The van der Waals surface area contributed by atoms with E-state index in [1.54, 1.807) is 6.07 Å². The molecule has 4 nitrogen and oxygen atoms in total. The lowest BCUT2D eigenvalue weighted by Crippen LogP contribution is -2.14. The summed E-state index contributed by atoms with van der Waals surface area (Å²) >= 11 is 0. The van der Waals surface area contributed by atoms with Crippen LogP contribution in [0.1, 0.15) is 17.0 Å². The quantitative estimate of drug-likeness (QED) is 0.383. The van der Waals surface area contributed by atoms with Gasteiger partial charge in [0.05, 0.1) is 11.6 Å². The Morgan fingerprint density at radius 3 is 2.30 bits per heavy atom. The molecule has 0 spiro atoms. The SMILES string of the molecule is O=[N+]([O-])CC(c1ccccc1)c1c(-c2ccccc2)[nH]c2cc(F)ccc12. The van der Waals surface area contributed by atoms with Gasteiger partial charge in [0.15, 0.2) is 0 Å². The fraction of sp³-hybridized carbons (Fsp3) is 0.0909. The van der Waals surface area contributed by atoms with E-state index in [0.29, 0.717) is 5.52 Å². The van der Waals surface area contributed by atoms with Crippen molar-refractivity contribution < 1.29 is 9.31 Å². The van der Waals surface area contributed by atoms with E-state index < -0.39 is 5.92 Å². The van der Waals surface area contributed by atoms with Crippen LogP contribution >= 0.6 is 0 Å². The zero-order valence-corrected chi connectivity index (χ0v) is 14.4. The predicted octanol–water partition coefficient (Wildman–Crippen LogP) is 5.38. The largest absolute Gasteiger partial charge is 0.354 e. The van der Waals surface area contributed by atoms with Gasteiger partial charge in [0, 0.05) is 15.8 Å². The number of rotatable bonds is 5. The van der Waals surface area contributed by atoms with Crippen molar-refractivity contribution in [2.24, 2.45) is 0 Å². The first-order valence-corrected chi connectivity index (χ1v) is 8.67. The van der Waals surface area contributed by atoms with Gasteiger partial charge in [0.2, 0.25) is 6.54 Å². The molecule has 0 saturated carbocycles. The molecule has 1 unspecified atom stereocenters. The van der Waals surface area contributed by atoms with Gasteiger partial charge in [-0.15, -0.1) is 0 Å². The zero-order valence-electron chi connectivity index (χ0n) is 14.4. The second-order valence-corrected chi connectivity index (χ2v) is 6.45. The van der Waals surface area contributed by atoms with Crippen molar-refractivity contribution in [2.75, 3.05) is 6.54 Å². The second-order valence-electron chi connectivity index (χ2n) is 6.45. The highest BCUT2D eigenvalue weighted by atomic mass is 19.1. The lowest BCUT2D eigenvalue weighted by atomic mass is 9.87. The van der Waals surface area contributed by atoms with Crippen molar-refractivity contribution >= 4 is 10.9 Å². The topological polar surface area (TPSA) is 58.9 Å². The van der Waals surface area contributed by atoms with E-state index in [4.69, 9.17) is 0 Å². The van der Waals surface area contributed by atoms with Crippen LogP contribution in [0.5, 0.6) is 0 Å². The zero-order chi connectivity index (χ0) is 18.8. The Kier molecular flexibility index (Phi) is 4.42. The first kappa shape index (κ1) is 17.0. The van der Waals surface area contributed by atoms with E-state index in [-0.39, 0.29) is 17.3 Å². The highest BCUT2D eigenvalue weighted by Crippen LogP contribution is 2.39. The van der Waals surface area contributed by atoms with Crippen molar-refractivity contribution in [3.05, 3.63) is 106 Å². The molecule has 1 N–H and O–H groups in total. The first-order valence-electron chi connectivity index (χ1n) is 8.67. The van der Waals surface area contributed by atoms with Crippen LogP contribution in [-0.4, -0.2) is 16.5 Å². The summed E-state index contributed by atoms with van der Waals surface area (Å²) in [5.74, 6) is -0.795. The number of nitrogens with one attached hydrogen (secondary N) is 1. The van der Waals surface area contributed by atoms with Gasteiger partial charge in [-0.2, -0.15) is 0 Å². The third kappa shape index (κ3) is 3.31. The van der Waals surface area contributed by atoms with Gasteiger partial charge in [-0.05, 0) is 34.9 Å². The van der Waals surface area contributed by atoms with Crippen LogP contribution in [0.2, 0.25) is 0 Å². The number of aromatic amines is 1. The smallest absolute Gasteiger partial charge is 0.214 e. The summed E-state index contributed by atoms with van der Waals surface area (Å²) in [6.45, 7) is -0.242. The monoisotopic (exact) mass is 360 g/mol. The number of fused-ring (bicyclic) bond motifs is 1. The average Bonchev–Trinajstić information content (AvgIpc) is 3.05. The lowest BCUT2D eigenvalue weighted by Gasteiger charge is -2.16. The Morgan fingerprint density at radius 2 is 1.63 bits per heavy atom. The molecule has 0 bridgehead atoms. The van der Waals surface area contributed by atoms with Gasteiger partial charge in [-0.25, -0.2) is 4.39 Å². The molecule has 0 fully saturated rings. The molecular formula is C22H17FN2O2. The Labute approximate surface area is 155 Å². The molecule has 4 rings (SSSR count). The van der Waals surface area contributed by atoms with Gasteiger partial charge in [0.25, 0.3) is 0 Å². The summed E-state index contributed by atoms with van der Waals surface area (Å²) in [5.41, 5.74) is 4.00. The van der Waals surface area contributed by atoms with E-state index in [1.165, 1.54) is 12.1 Å². The van der Waals surface area contributed by atoms with Crippen LogP contribution in [0.3, 0.4) is 0 Å². The normalized spacial score (nSPS) is 12.2. The number of H-pyrrole nitrogens is 1. The van der Waals surface area contributed by atoms with Crippen LogP contribution in [0.25, 0.3) is 22.2 Å². The third-order valence-corrected chi connectivity index (χ3v) is 4.75. The van der Waals surface area contributed by atoms with Crippen molar-refractivity contribution in [3.63, 3.8) is 0 Å². The number of benzene rings is 3. The van der Waals surface area contributed by atoms with Crippen LogP contribution in [0.15, 0.2) is 78.9 Å². The molecule has 3 aromatic carbocycles. The Balaban J connectivity index is 2.01. The molecule has 0 aliphatic carbocycles. The molecule has 0 saturated heterocycles. The van der Waals surface area contributed by atoms with E-state index in [9.17, 15) is 14.5 Å². The summed E-state index contributed by atoms with van der Waals surface area (Å²) in [7, 11) is 0. The average molecular weight is 360 g/mol. The number of hydrogen-bond acceptors (Lipinski definition) is 2. The number of aromatic nitrogens is 1. The Morgan fingerprint density at radius 1 is 0.963 bits per heavy atom. The Bertz CT molecular complexity index is 1090. The second kappa shape index (κ2) is 7.03. The minimum Gasteiger partial charge on any atom is -0.354 e. The Hall–Kier alpha value is -3.47. The molecule has 5 heteroatoms. The number of hydrogen-bond donors (Lipinski definition) is 1. The maximum atomic E-state index is 13.8. The summed E-state index contributed by atoms with van der Waals surface area (Å²) in [6, 6.07) is 23.6. The van der Waals surface area contributed by atoms with Crippen molar-refractivity contribution in [1.29, 1.82) is 0 Å². The van der Waals surface area contributed by atoms with Crippen molar-refractivity contribution in [3.8, 4) is 11.3 Å². The molecule has 0 amide bonds. The van der Waals surface area contributed by atoms with E-state index in [2.05, 4.69) is 4.98 Å². The molecule has 1 aromatic heterocycles.